The van der Waals surface area contributed by atoms with Crippen molar-refractivity contribution in [1.82, 2.24) is 15.1 Å². The highest BCUT2D eigenvalue weighted by atomic mass is 15.3. The molecule has 0 saturated carbocycles. The van der Waals surface area contributed by atoms with Crippen LogP contribution in [-0.2, 0) is 7.05 Å². The van der Waals surface area contributed by atoms with E-state index in [2.05, 4.69) is 30.3 Å². The van der Waals surface area contributed by atoms with Gasteiger partial charge >= 0.3 is 0 Å². The second kappa shape index (κ2) is 4.94. The van der Waals surface area contributed by atoms with Crippen molar-refractivity contribution in [2.24, 2.45) is 13.0 Å². The average molecular weight is 206 g/mol. The van der Waals surface area contributed by atoms with E-state index in [1.54, 1.807) is 4.68 Å². The Kier molecular flexibility index (Phi) is 3.87. The minimum Gasteiger partial charge on any atom is -0.298 e. The van der Waals surface area contributed by atoms with Crippen molar-refractivity contribution in [3.63, 3.8) is 0 Å². The highest BCUT2D eigenvalue weighted by Gasteiger charge is 2.15. The Hall–Kier alpha value is -1.34. The van der Waals surface area contributed by atoms with Crippen molar-refractivity contribution >= 4 is 0 Å². The van der Waals surface area contributed by atoms with Gasteiger partial charge in [-0.25, -0.2) is 0 Å². The van der Waals surface area contributed by atoms with E-state index in [0.29, 0.717) is 5.92 Å². The van der Waals surface area contributed by atoms with Gasteiger partial charge < -0.3 is 0 Å². The third-order valence-corrected chi connectivity index (χ3v) is 2.22. The van der Waals surface area contributed by atoms with Crippen LogP contribution in [0.5, 0.6) is 0 Å². The number of aryl methyl sites for hydroxylation is 2. The quantitative estimate of drug-likeness (QED) is 0.813. The fourth-order valence-electron chi connectivity index (χ4n) is 1.48. The zero-order chi connectivity index (χ0) is 11.4. The lowest BCUT2D eigenvalue weighted by Gasteiger charge is -2.12. The van der Waals surface area contributed by atoms with Gasteiger partial charge in [-0.05, 0) is 19.4 Å². The predicted octanol–water partition coefficient (Wildman–Crippen LogP) is 1.54. The number of rotatable bonds is 4. The molecule has 4 nitrogen and oxygen atoms in total. The lowest BCUT2D eigenvalue weighted by molar-refractivity contribution is 0.524. The molecule has 1 N–H and O–H groups in total. The summed E-state index contributed by atoms with van der Waals surface area (Å²) in [6, 6.07) is 2.01. The third-order valence-electron chi connectivity index (χ3n) is 2.22. The zero-order valence-electron chi connectivity index (χ0n) is 9.78. The minimum absolute atomic E-state index is 0.249. The molecule has 0 aliphatic heterocycles. The maximum Gasteiger partial charge on any atom is 0.124 e. The number of nitrogens with one attached hydrogen (secondary N) is 1. The normalized spacial score (nSPS) is 12.8. The molecule has 0 bridgehead atoms. The maximum absolute atomic E-state index is 9.08. The van der Waals surface area contributed by atoms with Crippen LogP contribution in [0.25, 0.3) is 0 Å². The maximum atomic E-state index is 9.08. The Bertz CT molecular complexity index is 359. The van der Waals surface area contributed by atoms with Crippen molar-refractivity contribution in [3.8, 4) is 6.07 Å². The molecule has 1 atom stereocenters. The zero-order valence-corrected chi connectivity index (χ0v) is 9.78. The van der Waals surface area contributed by atoms with Crippen LogP contribution < -0.4 is 5.32 Å². The van der Waals surface area contributed by atoms with Gasteiger partial charge in [-0.1, -0.05) is 13.8 Å². The first-order valence-corrected chi connectivity index (χ1v) is 5.17. The molecule has 0 amide bonds. The van der Waals surface area contributed by atoms with Crippen molar-refractivity contribution in [3.05, 3.63) is 17.5 Å². The van der Waals surface area contributed by atoms with E-state index in [1.807, 2.05) is 20.2 Å². The molecule has 15 heavy (non-hydrogen) atoms. The van der Waals surface area contributed by atoms with Crippen molar-refractivity contribution in [1.29, 1.82) is 5.26 Å². The van der Waals surface area contributed by atoms with Gasteiger partial charge in [0.1, 0.15) is 6.04 Å². The first-order chi connectivity index (χ1) is 7.04. The van der Waals surface area contributed by atoms with Gasteiger partial charge in [-0.15, -0.1) is 0 Å². The Labute approximate surface area is 90.9 Å². The smallest absolute Gasteiger partial charge is 0.124 e. The van der Waals surface area contributed by atoms with Crippen LogP contribution in [0.1, 0.15) is 31.1 Å². The molecular weight excluding hydrogens is 188 g/mol. The van der Waals surface area contributed by atoms with E-state index in [-0.39, 0.29) is 6.04 Å². The molecule has 0 aromatic carbocycles. The third kappa shape index (κ3) is 3.07. The van der Waals surface area contributed by atoms with E-state index in [9.17, 15) is 0 Å². The molecule has 0 spiro atoms. The monoisotopic (exact) mass is 206 g/mol. The van der Waals surface area contributed by atoms with E-state index in [0.717, 1.165) is 17.8 Å². The van der Waals surface area contributed by atoms with Crippen molar-refractivity contribution in [2.75, 3.05) is 6.54 Å². The number of aromatic nitrogens is 2. The summed E-state index contributed by atoms with van der Waals surface area (Å²) in [7, 11) is 1.87. The first-order valence-electron chi connectivity index (χ1n) is 5.17. The molecule has 1 heterocycles. The van der Waals surface area contributed by atoms with Crippen LogP contribution in [0.4, 0.5) is 0 Å². The lowest BCUT2D eigenvalue weighted by Crippen LogP contribution is -2.24. The van der Waals surface area contributed by atoms with Crippen LogP contribution in [0.3, 0.4) is 0 Å². The number of hydrogen-bond acceptors (Lipinski definition) is 3. The molecule has 4 heteroatoms. The van der Waals surface area contributed by atoms with Crippen LogP contribution >= 0.6 is 0 Å². The summed E-state index contributed by atoms with van der Waals surface area (Å²) in [5, 5.41) is 16.5. The minimum atomic E-state index is -0.249. The molecule has 0 saturated heterocycles. The highest BCUT2D eigenvalue weighted by molar-refractivity contribution is 5.25. The Morgan fingerprint density at radius 2 is 2.27 bits per heavy atom. The van der Waals surface area contributed by atoms with Crippen molar-refractivity contribution in [2.45, 2.75) is 26.8 Å². The molecular formula is C11H18N4. The summed E-state index contributed by atoms with van der Waals surface area (Å²) >= 11 is 0. The summed E-state index contributed by atoms with van der Waals surface area (Å²) in [5.74, 6) is 0.540. The van der Waals surface area contributed by atoms with Gasteiger partial charge in [0.2, 0.25) is 0 Å². The van der Waals surface area contributed by atoms with Crippen molar-refractivity contribution < 1.29 is 0 Å². The van der Waals surface area contributed by atoms with Gasteiger partial charge in [0.15, 0.2) is 0 Å². The standard InChI is InChI=1S/C11H18N4/c1-8(2)6-13-11(5-12)10-7-15(4)14-9(10)3/h7-8,11,13H,6H2,1-4H3. The fourth-order valence-corrected chi connectivity index (χ4v) is 1.48. The SMILES string of the molecule is Cc1nn(C)cc1C(C#N)NCC(C)C. The molecule has 1 aromatic heterocycles. The van der Waals surface area contributed by atoms with E-state index in [4.69, 9.17) is 5.26 Å². The van der Waals surface area contributed by atoms with Gasteiger partial charge in [-0.3, -0.25) is 10.00 Å². The topological polar surface area (TPSA) is 53.6 Å². The predicted molar refractivity (Wildman–Crippen MR) is 59.1 cm³/mol. The molecule has 1 rings (SSSR count). The molecule has 1 unspecified atom stereocenters. The van der Waals surface area contributed by atoms with Crippen LogP contribution in [-0.4, -0.2) is 16.3 Å². The second-order valence-corrected chi connectivity index (χ2v) is 4.21. The number of hydrogen-bond donors (Lipinski definition) is 1. The Balaban J connectivity index is 2.75. The lowest BCUT2D eigenvalue weighted by atomic mass is 10.1. The largest absolute Gasteiger partial charge is 0.298 e. The summed E-state index contributed by atoms with van der Waals surface area (Å²) in [6.45, 7) is 7.01. The van der Waals surface area contributed by atoms with Crippen LogP contribution in [0.2, 0.25) is 0 Å². The Morgan fingerprint density at radius 1 is 1.60 bits per heavy atom. The molecule has 0 fully saturated rings. The number of nitrogens with zero attached hydrogens (tertiary/aromatic N) is 3. The molecule has 0 aliphatic rings. The summed E-state index contributed by atoms with van der Waals surface area (Å²) < 4.78 is 1.74. The Morgan fingerprint density at radius 3 is 2.67 bits per heavy atom. The number of nitriles is 1. The van der Waals surface area contributed by atoms with E-state index in [1.165, 1.54) is 0 Å². The fraction of sp³-hybridized carbons (Fsp3) is 0.636. The van der Waals surface area contributed by atoms with Gasteiger partial charge in [0, 0.05) is 18.8 Å². The van der Waals surface area contributed by atoms with Gasteiger partial charge in [0.05, 0.1) is 11.8 Å². The summed E-state index contributed by atoms with van der Waals surface area (Å²) in [5.41, 5.74) is 1.89. The van der Waals surface area contributed by atoms with Gasteiger partial charge in [0.25, 0.3) is 0 Å². The second-order valence-electron chi connectivity index (χ2n) is 4.21. The average Bonchev–Trinajstić information content (AvgIpc) is 2.46. The molecule has 0 aliphatic carbocycles. The van der Waals surface area contributed by atoms with Gasteiger partial charge in [-0.2, -0.15) is 10.4 Å². The highest BCUT2D eigenvalue weighted by Crippen LogP contribution is 2.15. The van der Waals surface area contributed by atoms with Crippen LogP contribution in [0, 0.1) is 24.2 Å². The molecule has 82 valence electrons. The molecule has 1 aromatic rings. The molecule has 0 radical (unpaired) electrons. The van der Waals surface area contributed by atoms with Crippen LogP contribution in [0.15, 0.2) is 6.20 Å². The van der Waals surface area contributed by atoms with E-state index < -0.39 is 0 Å². The summed E-state index contributed by atoms with van der Waals surface area (Å²) in [4.78, 5) is 0. The first kappa shape index (κ1) is 11.7. The van der Waals surface area contributed by atoms with E-state index >= 15 is 0 Å². The summed E-state index contributed by atoms with van der Waals surface area (Å²) in [6.07, 6.45) is 1.90.